The Hall–Kier alpha value is -4.85. The normalized spacial score (nSPS) is 12.5. The molecule has 1 N–H and O–H groups in total. The second kappa shape index (κ2) is 14.5. The van der Waals surface area contributed by atoms with E-state index in [2.05, 4.69) is 5.32 Å². The second-order valence-electron chi connectivity index (χ2n) is 13.0. The average molecular weight is 628 g/mol. The van der Waals surface area contributed by atoms with Crippen LogP contribution in [-0.2, 0) is 27.3 Å². The number of carbonyl (C=O) groups excluding carboxylic acids is 2. The molecule has 0 saturated heterocycles. The SMILES string of the molecule is C[C@@H](NC(=O)OC(C)(C)C)c1cccc(-c2cc(C=Cc3ccco3)cc(COc3ccccc3CC(=O)OC(C)(C)C)c2)c1F. The topological polar surface area (TPSA) is 87.0 Å². The van der Waals surface area contributed by atoms with Crippen molar-refractivity contribution >= 4 is 24.2 Å². The number of amides is 1. The van der Waals surface area contributed by atoms with Gasteiger partial charge in [0.1, 0.15) is 35.1 Å². The maximum absolute atomic E-state index is 16.1. The third-order valence-electron chi connectivity index (χ3n) is 6.66. The molecule has 0 aliphatic rings. The standard InChI is InChI=1S/C38H42FNO6/c1-25(40-36(42)46-38(5,6)7)31-14-10-15-32(35(31)39)29-21-26(17-18-30-13-11-19-43-30)20-27(22-29)24-44-33-16-9-8-12-28(33)23-34(41)45-37(2,3)4/h8-22,25H,23-24H2,1-7H3,(H,40,42)/t25-/m1/s1. The molecule has 8 heteroatoms. The van der Waals surface area contributed by atoms with E-state index < -0.39 is 29.2 Å². The summed E-state index contributed by atoms with van der Waals surface area (Å²) in [6.07, 6.45) is 4.76. The first-order valence-electron chi connectivity index (χ1n) is 15.2. The number of rotatable bonds is 10. The Balaban J connectivity index is 1.64. The van der Waals surface area contributed by atoms with Gasteiger partial charge in [0.05, 0.1) is 18.7 Å². The minimum Gasteiger partial charge on any atom is -0.489 e. The van der Waals surface area contributed by atoms with E-state index in [0.717, 1.165) is 11.1 Å². The summed E-state index contributed by atoms with van der Waals surface area (Å²) in [4.78, 5) is 24.9. The molecule has 4 rings (SSSR count). The van der Waals surface area contributed by atoms with Crippen molar-refractivity contribution in [3.05, 3.63) is 113 Å². The van der Waals surface area contributed by atoms with Crippen LogP contribution in [0.2, 0.25) is 0 Å². The van der Waals surface area contributed by atoms with Crippen molar-refractivity contribution in [1.82, 2.24) is 5.32 Å². The van der Waals surface area contributed by atoms with Gasteiger partial charge in [-0.15, -0.1) is 0 Å². The molecule has 1 amide bonds. The monoisotopic (exact) mass is 627 g/mol. The van der Waals surface area contributed by atoms with Crippen LogP contribution in [0.4, 0.5) is 9.18 Å². The fourth-order valence-electron chi connectivity index (χ4n) is 4.77. The number of alkyl carbamates (subject to hydrolysis) is 1. The molecule has 1 atom stereocenters. The van der Waals surface area contributed by atoms with Crippen molar-refractivity contribution < 1.29 is 32.6 Å². The lowest BCUT2D eigenvalue weighted by atomic mass is 9.96. The van der Waals surface area contributed by atoms with E-state index in [9.17, 15) is 9.59 Å². The lowest BCUT2D eigenvalue weighted by molar-refractivity contribution is -0.153. The molecule has 0 saturated carbocycles. The number of furan rings is 1. The Kier molecular flexibility index (Phi) is 10.7. The number of nitrogens with one attached hydrogen (secondary N) is 1. The van der Waals surface area contributed by atoms with Crippen LogP contribution in [0.1, 0.15) is 82.5 Å². The molecule has 0 unspecified atom stereocenters. The van der Waals surface area contributed by atoms with Crippen molar-refractivity contribution in [3.8, 4) is 16.9 Å². The van der Waals surface area contributed by atoms with Gasteiger partial charge in [-0.3, -0.25) is 4.79 Å². The Morgan fingerprint density at radius 1 is 0.891 bits per heavy atom. The third kappa shape index (κ3) is 10.1. The summed E-state index contributed by atoms with van der Waals surface area (Å²) in [5.74, 6) is 0.436. The summed E-state index contributed by atoms with van der Waals surface area (Å²) in [7, 11) is 0. The van der Waals surface area contributed by atoms with Crippen LogP contribution in [0.5, 0.6) is 5.75 Å². The van der Waals surface area contributed by atoms with Crippen LogP contribution in [0.3, 0.4) is 0 Å². The van der Waals surface area contributed by atoms with Gasteiger partial charge < -0.3 is 23.9 Å². The molecule has 0 spiro atoms. The first-order valence-corrected chi connectivity index (χ1v) is 15.2. The summed E-state index contributed by atoms with van der Waals surface area (Å²) in [5.41, 5.74) is 2.35. The first kappa shape index (κ1) is 34.0. The number of ether oxygens (including phenoxy) is 3. The highest BCUT2D eigenvalue weighted by molar-refractivity contribution is 5.75. The molecule has 0 radical (unpaired) electrons. The predicted molar refractivity (Wildman–Crippen MR) is 178 cm³/mol. The highest BCUT2D eigenvalue weighted by atomic mass is 19.1. The molecule has 1 heterocycles. The van der Waals surface area contributed by atoms with Gasteiger partial charge in [0.2, 0.25) is 0 Å². The van der Waals surface area contributed by atoms with Gasteiger partial charge in [-0.1, -0.05) is 42.5 Å². The van der Waals surface area contributed by atoms with Gasteiger partial charge in [0.25, 0.3) is 0 Å². The summed E-state index contributed by atoms with van der Waals surface area (Å²) in [6, 6.07) is 21.2. The number of para-hydroxylation sites is 1. The number of carbonyl (C=O) groups is 2. The Morgan fingerprint density at radius 2 is 1.63 bits per heavy atom. The zero-order chi connectivity index (χ0) is 33.5. The molecule has 46 heavy (non-hydrogen) atoms. The Labute approximate surface area is 270 Å². The van der Waals surface area contributed by atoms with Gasteiger partial charge in [0.15, 0.2) is 0 Å². The minimum absolute atomic E-state index is 0.0676. The molecule has 7 nitrogen and oxygen atoms in total. The van der Waals surface area contributed by atoms with Crippen molar-refractivity contribution in [3.63, 3.8) is 0 Å². The zero-order valence-electron chi connectivity index (χ0n) is 27.5. The lowest BCUT2D eigenvalue weighted by Gasteiger charge is -2.22. The smallest absolute Gasteiger partial charge is 0.408 e. The zero-order valence-corrected chi connectivity index (χ0v) is 27.5. The van der Waals surface area contributed by atoms with E-state index in [1.165, 1.54) is 0 Å². The average Bonchev–Trinajstić information content (AvgIpc) is 3.47. The Morgan fingerprint density at radius 3 is 2.33 bits per heavy atom. The molecule has 242 valence electrons. The number of hydrogen-bond donors (Lipinski definition) is 1. The van der Waals surface area contributed by atoms with Crippen molar-refractivity contribution in [2.75, 3.05) is 0 Å². The molecule has 0 fully saturated rings. The van der Waals surface area contributed by atoms with Gasteiger partial charge in [-0.05, 0) is 108 Å². The fraction of sp³-hybridized carbons (Fsp3) is 0.316. The molecule has 4 aromatic rings. The van der Waals surface area contributed by atoms with E-state index in [0.29, 0.717) is 33.8 Å². The fourth-order valence-corrected chi connectivity index (χ4v) is 4.77. The molecule has 3 aromatic carbocycles. The van der Waals surface area contributed by atoms with Crippen LogP contribution in [0, 0.1) is 5.82 Å². The quantitative estimate of drug-likeness (QED) is 0.176. The van der Waals surface area contributed by atoms with Crippen LogP contribution in [0.15, 0.2) is 83.5 Å². The van der Waals surface area contributed by atoms with Crippen molar-refractivity contribution in [2.45, 2.75) is 78.7 Å². The van der Waals surface area contributed by atoms with Crippen LogP contribution < -0.4 is 10.1 Å². The van der Waals surface area contributed by atoms with Gasteiger partial charge in [-0.25, -0.2) is 9.18 Å². The summed E-state index contributed by atoms with van der Waals surface area (Å²) in [5, 5.41) is 2.72. The van der Waals surface area contributed by atoms with E-state index >= 15 is 4.39 Å². The molecule has 0 aliphatic heterocycles. The molecule has 0 bridgehead atoms. The highest BCUT2D eigenvalue weighted by Crippen LogP contribution is 2.31. The number of benzene rings is 3. The summed E-state index contributed by atoms with van der Waals surface area (Å²) >= 11 is 0. The van der Waals surface area contributed by atoms with E-state index in [1.807, 2.05) is 81.5 Å². The molecular weight excluding hydrogens is 585 g/mol. The maximum atomic E-state index is 16.1. The second-order valence-corrected chi connectivity index (χ2v) is 13.0. The van der Waals surface area contributed by atoms with Crippen LogP contribution in [0.25, 0.3) is 23.3 Å². The third-order valence-corrected chi connectivity index (χ3v) is 6.66. The number of esters is 1. The van der Waals surface area contributed by atoms with Crippen LogP contribution >= 0.6 is 0 Å². The van der Waals surface area contributed by atoms with Gasteiger partial charge in [-0.2, -0.15) is 0 Å². The first-order chi connectivity index (χ1) is 21.7. The van der Waals surface area contributed by atoms with Gasteiger partial charge in [0, 0.05) is 16.7 Å². The molecule has 0 aliphatic carbocycles. The summed E-state index contributed by atoms with van der Waals surface area (Å²) < 4.78 is 38.6. The van der Waals surface area contributed by atoms with Crippen molar-refractivity contribution in [1.29, 1.82) is 0 Å². The lowest BCUT2D eigenvalue weighted by Crippen LogP contribution is -2.34. The minimum atomic E-state index is -0.678. The van der Waals surface area contributed by atoms with Gasteiger partial charge >= 0.3 is 12.1 Å². The maximum Gasteiger partial charge on any atom is 0.408 e. The predicted octanol–water partition coefficient (Wildman–Crippen LogP) is 9.31. The number of hydrogen-bond acceptors (Lipinski definition) is 6. The van der Waals surface area contributed by atoms with Crippen LogP contribution in [-0.4, -0.2) is 23.3 Å². The van der Waals surface area contributed by atoms with E-state index in [1.54, 1.807) is 58.2 Å². The van der Waals surface area contributed by atoms with E-state index in [-0.39, 0.29) is 19.0 Å². The molecule has 1 aromatic heterocycles. The highest BCUT2D eigenvalue weighted by Gasteiger charge is 2.22. The number of halogens is 1. The molecular formula is C38H42FNO6. The largest absolute Gasteiger partial charge is 0.489 e. The Bertz CT molecular complexity index is 1680. The van der Waals surface area contributed by atoms with E-state index in [4.69, 9.17) is 18.6 Å². The summed E-state index contributed by atoms with van der Waals surface area (Å²) in [6.45, 7) is 12.7. The van der Waals surface area contributed by atoms with Crippen molar-refractivity contribution in [2.24, 2.45) is 0 Å².